The van der Waals surface area contributed by atoms with Crippen LogP contribution in [0.25, 0.3) is 0 Å². The Morgan fingerprint density at radius 1 is 1.21 bits per heavy atom. The molecular formula is C18H24ClN3O5S. The number of nitrogens with one attached hydrogen (secondary N) is 1. The Balaban J connectivity index is 2.03. The lowest BCUT2D eigenvalue weighted by Crippen LogP contribution is -2.45. The van der Waals surface area contributed by atoms with Gasteiger partial charge in [0.05, 0.1) is 4.90 Å². The average Bonchev–Trinajstić information content (AvgIpc) is 3.04. The lowest BCUT2D eigenvalue weighted by atomic mass is 10.1. The summed E-state index contributed by atoms with van der Waals surface area (Å²) < 4.78 is 37.7. The van der Waals surface area contributed by atoms with Crippen molar-refractivity contribution in [3.8, 4) is 0 Å². The number of rotatable bonds is 9. The van der Waals surface area contributed by atoms with Crippen LogP contribution in [0.5, 0.6) is 0 Å². The van der Waals surface area contributed by atoms with Crippen LogP contribution in [-0.4, -0.2) is 30.6 Å². The molecule has 0 bridgehead atoms. The van der Waals surface area contributed by atoms with Crippen molar-refractivity contribution < 1.29 is 22.5 Å². The highest BCUT2D eigenvalue weighted by Gasteiger charge is 2.30. The number of carbonyl (C=O) groups is 1. The van der Waals surface area contributed by atoms with E-state index in [1.54, 1.807) is 13.8 Å². The number of esters is 1. The number of hydrogen-bond acceptors (Lipinski definition) is 7. The normalized spacial score (nSPS) is 13.1. The van der Waals surface area contributed by atoms with E-state index >= 15 is 0 Å². The van der Waals surface area contributed by atoms with E-state index in [0.29, 0.717) is 23.2 Å². The standard InChI is InChI=1S/C18H24ClN3O5S/c1-11(2)9-15-20-16(27-21-15)10-26-18(23)17(12(3)4)22-28(24,25)14-7-5-13(19)6-8-14/h5-8,11-12,17,22H,9-10H2,1-4H3/t17-/m0/s1. The summed E-state index contributed by atoms with van der Waals surface area (Å²) in [5.74, 6) is -0.0116. The second kappa shape index (κ2) is 9.49. The fraction of sp³-hybridized carbons (Fsp3) is 0.500. The number of benzene rings is 1. The first-order valence-corrected chi connectivity index (χ1v) is 10.7. The zero-order valence-electron chi connectivity index (χ0n) is 16.2. The summed E-state index contributed by atoms with van der Waals surface area (Å²) in [6.45, 7) is 7.25. The zero-order chi connectivity index (χ0) is 20.9. The van der Waals surface area contributed by atoms with Gasteiger partial charge in [0.15, 0.2) is 12.4 Å². The monoisotopic (exact) mass is 429 g/mol. The Hall–Kier alpha value is -1.97. The Kier molecular flexibility index (Phi) is 7.56. The summed E-state index contributed by atoms with van der Waals surface area (Å²) in [5.41, 5.74) is 0. The molecule has 1 N–H and O–H groups in total. The van der Waals surface area contributed by atoms with Crippen LogP contribution in [0.15, 0.2) is 33.7 Å². The molecule has 1 atom stereocenters. The van der Waals surface area contributed by atoms with Crippen LogP contribution in [0.2, 0.25) is 5.02 Å². The molecule has 0 radical (unpaired) electrons. The predicted octanol–water partition coefficient (Wildman–Crippen LogP) is 2.97. The Morgan fingerprint density at radius 3 is 2.43 bits per heavy atom. The van der Waals surface area contributed by atoms with E-state index < -0.39 is 22.0 Å². The van der Waals surface area contributed by atoms with Gasteiger partial charge in [-0.05, 0) is 36.1 Å². The first-order chi connectivity index (χ1) is 13.1. The number of nitrogens with zero attached hydrogens (tertiary/aromatic N) is 2. The highest BCUT2D eigenvalue weighted by Crippen LogP contribution is 2.16. The first kappa shape index (κ1) is 22.3. The van der Waals surface area contributed by atoms with Crippen LogP contribution in [0.4, 0.5) is 0 Å². The average molecular weight is 430 g/mol. The third-order valence-corrected chi connectivity index (χ3v) is 5.47. The molecule has 2 rings (SSSR count). The van der Waals surface area contributed by atoms with Crippen LogP contribution in [-0.2, 0) is 32.6 Å². The molecule has 0 spiro atoms. The van der Waals surface area contributed by atoms with Gasteiger partial charge in [-0.2, -0.15) is 9.71 Å². The van der Waals surface area contributed by atoms with Crippen molar-refractivity contribution in [2.75, 3.05) is 0 Å². The summed E-state index contributed by atoms with van der Waals surface area (Å²) in [7, 11) is -3.92. The molecular weight excluding hydrogens is 406 g/mol. The van der Waals surface area contributed by atoms with E-state index in [0.717, 1.165) is 0 Å². The summed E-state index contributed by atoms with van der Waals surface area (Å²) in [4.78, 5) is 16.6. The SMILES string of the molecule is CC(C)Cc1noc(COC(=O)[C@@H](NS(=O)(=O)c2ccc(Cl)cc2)C(C)C)n1. The fourth-order valence-electron chi connectivity index (χ4n) is 2.32. The van der Waals surface area contributed by atoms with E-state index in [1.807, 2.05) is 13.8 Å². The molecule has 8 nitrogen and oxygen atoms in total. The zero-order valence-corrected chi connectivity index (χ0v) is 17.7. The van der Waals surface area contributed by atoms with Gasteiger partial charge in [-0.25, -0.2) is 8.42 Å². The molecule has 0 amide bonds. The molecule has 0 aliphatic rings. The Bertz CT molecular complexity index is 894. The van der Waals surface area contributed by atoms with Crippen LogP contribution in [0.3, 0.4) is 0 Å². The molecule has 1 heterocycles. The predicted molar refractivity (Wildman–Crippen MR) is 103 cm³/mol. The number of carbonyl (C=O) groups excluding carboxylic acids is 1. The van der Waals surface area contributed by atoms with E-state index in [1.165, 1.54) is 24.3 Å². The minimum atomic E-state index is -3.92. The highest BCUT2D eigenvalue weighted by atomic mass is 35.5. The van der Waals surface area contributed by atoms with Crippen molar-refractivity contribution in [3.63, 3.8) is 0 Å². The van der Waals surface area contributed by atoms with Crippen LogP contribution in [0, 0.1) is 11.8 Å². The molecule has 0 aliphatic heterocycles. The summed E-state index contributed by atoms with van der Waals surface area (Å²) in [6, 6.07) is 4.58. The van der Waals surface area contributed by atoms with Gasteiger partial charge in [0.1, 0.15) is 6.04 Å². The minimum absolute atomic E-state index is 0.00517. The third-order valence-electron chi connectivity index (χ3n) is 3.77. The molecule has 0 aliphatic carbocycles. The van der Waals surface area contributed by atoms with Gasteiger partial charge in [0, 0.05) is 11.4 Å². The quantitative estimate of drug-likeness (QED) is 0.610. The molecule has 0 unspecified atom stereocenters. The number of halogens is 1. The lowest BCUT2D eigenvalue weighted by Gasteiger charge is -2.20. The summed E-state index contributed by atoms with van der Waals surface area (Å²) >= 11 is 5.79. The maximum Gasteiger partial charge on any atom is 0.324 e. The first-order valence-electron chi connectivity index (χ1n) is 8.84. The molecule has 2 aromatic rings. The second-order valence-corrected chi connectivity index (χ2v) is 9.26. The molecule has 1 aromatic carbocycles. The van der Waals surface area contributed by atoms with Crippen LogP contribution >= 0.6 is 11.6 Å². The van der Waals surface area contributed by atoms with Crippen LogP contribution in [0.1, 0.15) is 39.4 Å². The number of ether oxygens (including phenoxy) is 1. The van der Waals surface area contributed by atoms with Crippen molar-refractivity contribution >= 4 is 27.6 Å². The third kappa shape index (κ3) is 6.29. The van der Waals surface area contributed by atoms with E-state index in [9.17, 15) is 13.2 Å². The van der Waals surface area contributed by atoms with Crippen molar-refractivity contribution in [3.05, 3.63) is 41.0 Å². The van der Waals surface area contributed by atoms with E-state index in [-0.39, 0.29) is 23.3 Å². The van der Waals surface area contributed by atoms with Gasteiger partial charge in [0.2, 0.25) is 10.0 Å². The molecule has 154 valence electrons. The van der Waals surface area contributed by atoms with Crippen molar-refractivity contribution in [1.29, 1.82) is 0 Å². The van der Waals surface area contributed by atoms with Crippen LogP contribution < -0.4 is 4.72 Å². The highest BCUT2D eigenvalue weighted by molar-refractivity contribution is 7.89. The summed E-state index contributed by atoms with van der Waals surface area (Å²) in [5, 5.41) is 4.23. The van der Waals surface area contributed by atoms with Crippen molar-refractivity contribution in [1.82, 2.24) is 14.9 Å². The van der Waals surface area contributed by atoms with Gasteiger partial charge in [-0.3, -0.25) is 4.79 Å². The summed E-state index contributed by atoms with van der Waals surface area (Å²) in [6.07, 6.45) is 0.646. The molecule has 0 fully saturated rings. The van der Waals surface area contributed by atoms with Gasteiger partial charge in [0.25, 0.3) is 5.89 Å². The molecule has 0 saturated carbocycles. The van der Waals surface area contributed by atoms with E-state index in [2.05, 4.69) is 14.9 Å². The van der Waals surface area contributed by atoms with Gasteiger partial charge in [-0.15, -0.1) is 0 Å². The number of aromatic nitrogens is 2. The van der Waals surface area contributed by atoms with Crippen molar-refractivity contribution in [2.45, 2.75) is 51.7 Å². The van der Waals surface area contributed by atoms with Gasteiger partial charge >= 0.3 is 5.97 Å². The lowest BCUT2D eigenvalue weighted by molar-refractivity contribution is -0.148. The fourth-order valence-corrected chi connectivity index (χ4v) is 3.78. The minimum Gasteiger partial charge on any atom is -0.454 e. The van der Waals surface area contributed by atoms with Gasteiger partial charge in [-0.1, -0.05) is 44.5 Å². The Labute approximate surface area is 169 Å². The molecule has 1 aromatic heterocycles. The number of hydrogen-bond donors (Lipinski definition) is 1. The molecule has 10 heteroatoms. The van der Waals surface area contributed by atoms with Crippen molar-refractivity contribution in [2.24, 2.45) is 11.8 Å². The molecule has 0 saturated heterocycles. The topological polar surface area (TPSA) is 111 Å². The number of sulfonamides is 1. The maximum absolute atomic E-state index is 12.5. The Morgan fingerprint density at radius 2 is 1.86 bits per heavy atom. The maximum atomic E-state index is 12.5. The second-order valence-electron chi connectivity index (χ2n) is 7.11. The largest absolute Gasteiger partial charge is 0.454 e. The molecule has 28 heavy (non-hydrogen) atoms. The smallest absolute Gasteiger partial charge is 0.324 e. The van der Waals surface area contributed by atoms with Gasteiger partial charge < -0.3 is 9.26 Å². The van der Waals surface area contributed by atoms with E-state index in [4.69, 9.17) is 20.9 Å².